The first kappa shape index (κ1) is 18.0. The quantitative estimate of drug-likeness (QED) is 0.524. The third-order valence-corrected chi connectivity index (χ3v) is 6.15. The molecule has 0 bridgehead atoms. The highest BCUT2D eigenvalue weighted by Crippen LogP contribution is 2.42. The van der Waals surface area contributed by atoms with Gasteiger partial charge in [0.1, 0.15) is 29.7 Å². The van der Waals surface area contributed by atoms with Gasteiger partial charge in [-0.1, -0.05) is 54.6 Å². The Bertz CT molecular complexity index is 1240. The highest BCUT2D eigenvalue weighted by molar-refractivity contribution is 6.17. The van der Waals surface area contributed by atoms with Crippen molar-refractivity contribution in [2.75, 3.05) is 6.73 Å². The fourth-order valence-corrected chi connectivity index (χ4v) is 4.63. The summed E-state index contributed by atoms with van der Waals surface area (Å²) >= 11 is 0. The number of quaternary nitrogens is 1. The van der Waals surface area contributed by atoms with Crippen LogP contribution in [-0.4, -0.2) is 12.5 Å². The standard InChI is InChI=1S/C25H23NO3/c1-15(18-9-5-4-6-10-18)26-13-21-23-22(16(2)27)17(3)29-25(23)20-12-8-7-11-19(20)24(21)28-14-26/h4-12,15H,13-14H2,1-3H3/p+1/t15-/m0/s1. The minimum absolute atomic E-state index is 0.0296. The smallest absolute Gasteiger partial charge is 0.223 e. The van der Waals surface area contributed by atoms with Crippen LogP contribution in [0.1, 0.15) is 47.1 Å². The average molecular weight is 386 g/mol. The molecule has 4 heteroatoms. The molecule has 4 nitrogen and oxygen atoms in total. The van der Waals surface area contributed by atoms with Crippen LogP contribution in [0.4, 0.5) is 0 Å². The van der Waals surface area contributed by atoms with Crippen LogP contribution in [0.5, 0.6) is 5.75 Å². The van der Waals surface area contributed by atoms with E-state index in [4.69, 9.17) is 9.15 Å². The van der Waals surface area contributed by atoms with Crippen molar-refractivity contribution in [3.05, 3.63) is 77.0 Å². The van der Waals surface area contributed by atoms with Crippen LogP contribution in [0, 0.1) is 6.92 Å². The van der Waals surface area contributed by atoms with Gasteiger partial charge in [0.15, 0.2) is 5.78 Å². The van der Waals surface area contributed by atoms with E-state index in [0.29, 0.717) is 18.1 Å². The number of benzene rings is 3. The first-order valence-corrected chi connectivity index (χ1v) is 10.1. The molecule has 2 heterocycles. The molecule has 146 valence electrons. The lowest BCUT2D eigenvalue weighted by Crippen LogP contribution is -3.12. The molecule has 0 spiro atoms. The number of ketones is 1. The van der Waals surface area contributed by atoms with Crippen molar-refractivity contribution in [1.82, 2.24) is 0 Å². The molecule has 5 rings (SSSR count). The second kappa shape index (κ2) is 6.75. The van der Waals surface area contributed by atoms with E-state index >= 15 is 0 Å². The normalized spacial score (nSPS) is 17.1. The lowest BCUT2D eigenvalue weighted by Gasteiger charge is -2.32. The van der Waals surface area contributed by atoms with Gasteiger partial charge in [0, 0.05) is 21.7 Å². The molecular weight excluding hydrogens is 362 g/mol. The van der Waals surface area contributed by atoms with Crippen molar-refractivity contribution in [3.8, 4) is 5.75 Å². The predicted octanol–water partition coefficient (Wildman–Crippen LogP) is 4.59. The van der Waals surface area contributed by atoms with Gasteiger partial charge in [-0.05, 0) is 20.8 Å². The molecule has 4 aromatic rings. The van der Waals surface area contributed by atoms with E-state index in [-0.39, 0.29) is 11.8 Å². The summed E-state index contributed by atoms with van der Waals surface area (Å²) in [5, 5.41) is 2.96. The van der Waals surface area contributed by atoms with Crippen LogP contribution in [0.15, 0.2) is 59.0 Å². The summed E-state index contributed by atoms with van der Waals surface area (Å²) in [6.45, 7) is 7.08. The van der Waals surface area contributed by atoms with E-state index in [1.54, 1.807) is 6.92 Å². The molecule has 1 unspecified atom stereocenters. The number of fused-ring (bicyclic) bond motifs is 6. The van der Waals surface area contributed by atoms with Crippen LogP contribution in [0.3, 0.4) is 0 Å². The molecule has 0 saturated carbocycles. The largest absolute Gasteiger partial charge is 0.460 e. The third-order valence-electron chi connectivity index (χ3n) is 6.15. The molecule has 0 amide bonds. The average Bonchev–Trinajstić information content (AvgIpc) is 3.11. The molecule has 1 aliphatic rings. The number of Topliss-reactive ketones (excluding diaryl/α,β-unsaturated/α-hetero) is 1. The van der Waals surface area contributed by atoms with E-state index in [1.165, 1.54) is 10.5 Å². The summed E-state index contributed by atoms with van der Waals surface area (Å²) in [6, 6.07) is 18.9. The number of furan rings is 1. The molecular formula is C25H24NO3+. The van der Waals surface area contributed by atoms with Crippen molar-refractivity contribution < 1.29 is 18.8 Å². The lowest BCUT2D eigenvalue weighted by molar-refractivity contribution is -0.960. The number of nitrogens with one attached hydrogen (secondary N) is 1. The number of ether oxygens (including phenoxy) is 1. The molecule has 1 N–H and O–H groups in total. The Morgan fingerprint density at radius 1 is 1.03 bits per heavy atom. The van der Waals surface area contributed by atoms with Gasteiger partial charge < -0.3 is 9.15 Å². The van der Waals surface area contributed by atoms with Crippen molar-refractivity contribution >= 4 is 27.5 Å². The molecule has 1 aliphatic heterocycles. The maximum absolute atomic E-state index is 12.5. The Balaban J connectivity index is 1.73. The summed E-state index contributed by atoms with van der Waals surface area (Å²) < 4.78 is 12.5. The molecule has 0 radical (unpaired) electrons. The number of carbonyl (C=O) groups excluding carboxylic acids is 1. The highest BCUT2D eigenvalue weighted by atomic mass is 16.5. The van der Waals surface area contributed by atoms with Crippen LogP contribution >= 0.6 is 0 Å². The summed E-state index contributed by atoms with van der Waals surface area (Å²) in [5.41, 5.74) is 3.82. The first-order chi connectivity index (χ1) is 14.1. The van der Waals surface area contributed by atoms with Gasteiger partial charge >= 0.3 is 0 Å². The predicted molar refractivity (Wildman–Crippen MR) is 113 cm³/mol. The van der Waals surface area contributed by atoms with Gasteiger partial charge in [0.25, 0.3) is 0 Å². The summed E-state index contributed by atoms with van der Waals surface area (Å²) in [5.74, 6) is 1.59. The zero-order chi connectivity index (χ0) is 20.1. The number of aryl methyl sites for hydroxylation is 1. The minimum atomic E-state index is 0.0296. The number of carbonyl (C=O) groups is 1. The number of rotatable bonds is 3. The van der Waals surface area contributed by atoms with Gasteiger partial charge in [-0.2, -0.15) is 0 Å². The van der Waals surface area contributed by atoms with Crippen LogP contribution in [0.25, 0.3) is 21.7 Å². The van der Waals surface area contributed by atoms with Gasteiger partial charge in [0.2, 0.25) is 6.73 Å². The molecule has 2 atom stereocenters. The van der Waals surface area contributed by atoms with Crippen molar-refractivity contribution in [2.24, 2.45) is 0 Å². The van der Waals surface area contributed by atoms with E-state index in [2.05, 4.69) is 37.3 Å². The molecule has 3 aromatic carbocycles. The van der Waals surface area contributed by atoms with Crippen molar-refractivity contribution in [2.45, 2.75) is 33.4 Å². The summed E-state index contributed by atoms with van der Waals surface area (Å²) in [7, 11) is 0. The lowest BCUT2D eigenvalue weighted by atomic mass is 9.95. The Morgan fingerprint density at radius 3 is 2.45 bits per heavy atom. The van der Waals surface area contributed by atoms with Gasteiger partial charge in [-0.3, -0.25) is 9.69 Å². The summed E-state index contributed by atoms with van der Waals surface area (Å²) in [4.78, 5) is 13.8. The van der Waals surface area contributed by atoms with Gasteiger partial charge in [-0.25, -0.2) is 0 Å². The molecule has 0 aliphatic carbocycles. The van der Waals surface area contributed by atoms with Crippen LogP contribution in [-0.2, 0) is 6.54 Å². The van der Waals surface area contributed by atoms with Gasteiger partial charge in [0.05, 0.1) is 11.1 Å². The fourth-order valence-electron chi connectivity index (χ4n) is 4.63. The minimum Gasteiger partial charge on any atom is -0.460 e. The second-order valence-electron chi connectivity index (χ2n) is 7.90. The molecule has 1 aromatic heterocycles. The Morgan fingerprint density at radius 2 is 1.72 bits per heavy atom. The fraction of sp³-hybridized carbons (Fsp3) is 0.240. The maximum atomic E-state index is 12.5. The van der Waals surface area contributed by atoms with E-state index in [9.17, 15) is 4.79 Å². The zero-order valence-electron chi connectivity index (χ0n) is 16.9. The number of hydrogen-bond donors (Lipinski definition) is 1. The van der Waals surface area contributed by atoms with E-state index < -0.39 is 0 Å². The van der Waals surface area contributed by atoms with Crippen molar-refractivity contribution in [3.63, 3.8) is 0 Å². The Kier molecular flexibility index (Phi) is 4.18. The monoisotopic (exact) mass is 386 g/mol. The van der Waals surface area contributed by atoms with E-state index in [0.717, 1.165) is 39.6 Å². The SMILES string of the molecule is CC(=O)c1c(C)oc2c1c1c(c3ccccc32)OC[NH+]([C@@H](C)c2ccccc2)C1. The van der Waals surface area contributed by atoms with Gasteiger partial charge in [-0.15, -0.1) is 0 Å². The third kappa shape index (κ3) is 2.75. The highest BCUT2D eigenvalue weighted by Gasteiger charge is 2.32. The number of hydrogen-bond acceptors (Lipinski definition) is 3. The second-order valence-corrected chi connectivity index (χ2v) is 7.90. The van der Waals surface area contributed by atoms with Crippen LogP contribution < -0.4 is 9.64 Å². The zero-order valence-corrected chi connectivity index (χ0v) is 16.9. The molecule has 29 heavy (non-hydrogen) atoms. The Labute approximate surface area is 169 Å². The van der Waals surface area contributed by atoms with E-state index in [1.807, 2.05) is 31.2 Å². The first-order valence-electron chi connectivity index (χ1n) is 10.1. The summed E-state index contributed by atoms with van der Waals surface area (Å²) in [6.07, 6.45) is 0. The molecule has 0 fully saturated rings. The topological polar surface area (TPSA) is 43.9 Å². The Hall–Kier alpha value is -3.11. The van der Waals surface area contributed by atoms with Crippen molar-refractivity contribution in [1.29, 1.82) is 0 Å². The maximum Gasteiger partial charge on any atom is 0.223 e. The molecule has 0 saturated heterocycles. The van der Waals surface area contributed by atoms with Crippen LogP contribution in [0.2, 0.25) is 0 Å².